The minimum atomic E-state index is 0.761. The van der Waals surface area contributed by atoms with Crippen LogP contribution in [0.5, 0.6) is 0 Å². The highest BCUT2D eigenvalue weighted by Gasteiger charge is 2.04. The van der Waals surface area contributed by atoms with Crippen molar-refractivity contribution in [3.8, 4) is 0 Å². The first kappa shape index (κ1) is 18.2. The van der Waals surface area contributed by atoms with Crippen LogP contribution in [0.2, 0.25) is 0 Å². The molecule has 0 amide bonds. The van der Waals surface area contributed by atoms with Gasteiger partial charge in [-0.05, 0) is 62.2 Å². The zero-order valence-corrected chi connectivity index (χ0v) is 15.8. The van der Waals surface area contributed by atoms with E-state index in [0.717, 1.165) is 48.7 Å². The van der Waals surface area contributed by atoms with E-state index in [-0.39, 0.29) is 0 Å². The predicted molar refractivity (Wildman–Crippen MR) is 111 cm³/mol. The lowest BCUT2D eigenvalue weighted by Gasteiger charge is -2.23. The van der Waals surface area contributed by atoms with Crippen LogP contribution in [0.15, 0.2) is 42.5 Å². The van der Waals surface area contributed by atoms with Gasteiger partial charge in [-0.2, -0.15) is 0 Å². The molecule has 0 saturated heterocycles. The molecule has 0 saturated carbocycles. The van der Waals surface area contributed by atoms with Crippen molar-refractivity contribution in [1.29, 1.82) is 0 Å². The Morgan fingerprint density at radius 3 is 2.62 bits per heavy atom. The number of benzene rings is 2. The maximum Gasteiger partial charge on any atom is 0.131 e. The van der Waals surface area contributed by atoms with Crippen LogP contribution < -0.4 is 4.90 Å². The minimum Gasteiger partial charge on any atom is -0.380 e. The lowest BCUT2D eigenvalue weighted by molar-refractivity contribution is 0.154. The molecule has 0 radical (unpaired) electrons. The number of ether oxygens (including phenoxy) is 1. The zero-order valence-electron chi connectivity index (χ0n) is 15.8. The Balaban J connectivity index is 1.68. The predicted octanol–water partition coefficient (Wildman–Crippen LogP) is 4.90. The molecule has 2 aromatic carbocycles. The first-order valence-electron chi connectivity index (χ1n) is 9.26. The molecule has 0 aliphatic carbocycles. The number of aromatic amines is 1. The van der Waals surface area contributed by atoms with Gasteiger partial charge in [0.2, 0.25) is 0 Å². The Bertz CT molecular complexity index is 865. The Morgan fingerprint density at radius 2 is 1.88 bits per heavy atom. The molecule has 136 valence electrons. The molecule has 0 spiro atoms. The molecule has 3 rings (SSSR count). The molecular formula is C22H27N3O. The summed E-state index contributed by atoms with van der Waals surface area (Å²) in [6.45, 7) is 9.70. The quantitative estimate of drug-likeness (QED) is 0.588. The molecule has 0 aliphatic rings. The summed E-state index contributed by atoms with van der Waals surface area (Å²) in [6, 6.07) is 14.9. The Kier molecular flexibility index (Phi) is 6.08. The van der Waals surface area contributed by atoms with Gasteiger partial charge in [-0.1, -0.05) is 24.3 Å². The summed E-state index contributed by atoms with van der Waals surface area (Å²) >= 11 is 0. The summed E-state index contributed by atoms with van der Waals surface area (Å²) in [5.74, 6) is 0.876. The van der Waals surface area contributed by atoms with Crippen LogP contribution in [-0.2, 0) is 4.74 Å². The SMILES string of the molecule is CCOCCN(CC)c1ccc(C=Cc2nc3ccc(C)cc3[nH]2)cc1. The largest absolute Gasteiger partial charge is 0.380 e. The zero-order chi connectivity index (χ0) is 18.4. The summed E-state index contributed by atoms with van der Waals surface area (Å²) in [5.41, 5.74) is 5.69. The molecule has 0 fully saturated rings. The molecular weight excluding hydrogens is 322 g/mol. The lowest BCUT2D eigenvalue weighted by atomic mass is 10.2. The fraction of sp³-hybridized carbons (Fsp3) is 0.318. The van der Waals surface area contributed by atoms with E-state index in [1.807, 2.05) is 13.0 Å². The van der Waals surface area contributed by atoms with Crippen LogP contribution in [0.1, 0.15) is 30.8 Å². The number of anilines is 1. The van der Waals surface area contributed by atoms with Gasteiger partial charge in [-0.25, -0.2) is 4.98 Å². The molecule has 4 heteroatoms. The highest BCUT2D eigenvalue weighted by atomic mass is 16.5. The Labute approximate surface area is 155 Å². The molecule has 0 unspecified atom stereocenters. The third kappa shape index (κ3) is 4.52. The number of hydrogen-bond donors (Lipinski definition) is 1. The van der Waals surface area contributed by atoms with E-state index >= 15 is 0 Å². The smallest absolute Gasteiger partial charge is 0.131 e. The fourth-order valence-electron chi connectivity index (χ4n) is 2.98. The van der Waals surface area contributed by atoms with Crippen molar-refractivity contribution in [2.24, 2.45) is 0 Å². The molecule has 4 nitrogen and oxygen atoms in total. The number of nitrogens with zero attached hydrogens (tertiary/aromatic N) is 2. The van der Waals surface area contributed by atoms with Crippen molar-refractivity contribution in [3.05, 3.63) is 59.4 Å². The first-order chi connectivity index (χ1) is 12.7. The van der Waals surface area contributed by atoms with Gasteiger partial charge in [0, 0.05) is 25.4 Å². The van der Waals surface area contributed by atoms with Crippen molar-refractivity contribution < 1.29 is 4.74 Å². The van der Waals surface area contributed by atoms with Crippen LogP contribution in [0.4, 0.5) is 5.69 Å². The van der Waals surface area contributed by atoms with Crippen molar-refractivity contribution in [2.75, 3.05) is 31.2 Å². The molecule has 0 bridgehead atoms. The lowest BCUT2D eigenvalue weighted by Crippen LogP contribution is -2.27. The molecule has 0 atom stereocenters. The summed E-state index contributed by atoms with van der Waals surface area (Å²) < 4.78 is 5.47. The molecule has 26 heavy (non-hydrogen) atoms. The van der Waals surface area contributed by atoms with E-state index < -0.39 is 0 Å². The van der Waals surface area contributed by atoms with Gasteiger partial charge >= 0.3 is 0 Å². The second kappa shape index (κ2) is 8.68. The van der Waals surface area contributed by atoms with E-state index in [2.05, 4.69) is 77.3 Å². The standard InChI is InChI=1S/C22H27N3O/c1-4-25(14-15-26-5-2)19-10-7-18(8-11-19)9-13-22-23-20-12-6-17(3)16-21(20)24-22/h6-13,16H,4-5,14-15H2,1-3H3,(H,23,24). The normalized spacial score (nSPS) is 11.5. The topological polar surface area (TPSA) is 41.1 Å². The van der Waals surface area contributed by atoms with Gasteiger partial charge in [0.05, 0.1) is 17.6 Å². The number of imidazole rings is 1. The molecule has 1 aromatic heterocycles. The van der Waals surface area contributed by atoms with Gasteiger partial charge in [-0.15, -0.1) is 0 Å². The summed E-state index contributed by atoms with van der Waals surface area (Å²) in [6.07, 6.45) is 4.11. The van der Waals surface area contributed by atoms with Crippen LogP contribution in [0.3, 0.4) is 0 Å². The third-order valence-corrected chi connectivity index (χ3v) is 4.44. The van der Waals surface area contributed by atoms with Gasteiger partial charge in [0.1, 0.15) is 5.82 Å². The number of H-pyrrole nitrogens is 1. The van der Waals surface area contributed by atoms with E-state index in [1.54, 1.807) is 0 Å². The van der Waals surface area contributed by atoms with E-state index in [1.165, 1.54) is 11.3 Å². The highest BCUT2D eigenvalue weighted by Crippen LogP contribution is 2.18. The summed E-state index contributed by atoms with van der Waals surface area (Å²) in [4.78, 5) is 10.3. The van der Waals surface area contributed by atoms with Crippen molar-refractivity contribution in [3.63, 3.8) is 0 Å². The summed E-state index contributed by atoms with van der Waals surface area (Å²) in [7, 11) is 0. The Hall–Kier alpha value is -2.59. The van der Waals surface area contributed by atoms with Crippen LogP contribution >= 0.6 is 0 Å². The number of nitrogens with one attached hydrogen (secondary N) is 1. The monoisotopic (exact) mass is 349 g/mol. The van der Waals surface area contributed by atoms with Crippen LogP contribution in [0.25, 0.3) is 23.2 Å². The number of aromatic nitrogens is 2. The van der Waals surface area contributed by atoms with Crippen molar-refractivity contribution in [1.82, 2.24) is 9.97 Å². The number of aryl methyl sites for hydroxylation is 1. The molecule has 1 heterocycles. The van der Waals surface area contributed by atoms with Gasteiger partial charge in [-0.3, -0.25) is 0 Å². The highest BCUT2D eigenvalue weighted by molar-refractivity contribution is 5.79. The van der Waals surface area contributed by atoms with Crippen LogP contribution in [0, 0.1) is 6.92 Å². The average molecular weight is 349 g/mol. The number of fused-ring (bicyclic) bond motifs is 1. The van der Waals surface area contributed by atoms with Gasteiger partial charge in [0.25, 0.3) is 0 Å². The van der Waals surface area contributed by atoms with E-state index in [4.69, 9.17) is 4.74 Å². The molecule has 0 aliphatic heterocycles. The molecule has 1 N–H and O–H groups in total. The maximum atomic E-state index is 5.47. The van der Waals surface area contributed by atoms with Crippen LogP contribution in [-0.4, -0.2) is 36.3 Å². The van der Waals surface area contributed by atoms with Crippen molar-refractivity contribution >= 4 is 28.9 Å². The minimum absolute atomic E-state index is 0.761. The van der Waals surface area contributed by atoms with E-state index in [9.17, 15) is 0 Å². The average Bonchev–Trinajstić information content (AvgIpc) is 3.06. The number of rotatable bonds is 8. The second-order valence-corrected chi connectivity index (χ2v) is 6.34. The van der Waals surface area contributed by atoms with Gasteiger partial charge in [0.15, 0.2) is 0 Å². The molecule has 3 aromatic rings. The maximum absolute atomic E-state index is 5.47. The first-order valence-corrected chi connectivity index (χ1v) is 9.26. The summed E-state index contributed by atoms with van der Waals surface area (Å²) in [5, 5.41) is 0. The fourth-order valence-corrected chi connectivity index (χ4v) is 2.98. The Morgan fingerprint density at radius 1 is 1.08 bits per heavy atom. The van der Waals surface area contributed by atoms with Gasteiger partial charge < -0.3 is 14.6 Å². The van der Waals surface area contributed by atoms with E-state index in [0.29, 0.717) is 0 Å². The number of likely N-dealkylation sites (N-methyl/N-ethyl adjacent to an activating group) is 1. The number of hydrogen-bond acceptors (Lipinski definition) is 3. The second-order valence-electron chi connectivity index (χ2n) is 6.34. The van der Waals surface area contributed by atoms with Crippen molar-refractivity contribution in [2.45, 2.75) is 20.8 Å². The third-order valence-electron chi connectivity index (χ3n) is 4.44.